The Morgan fingerprint density at radius 1 is 1.15 bits per heavy atom. The summed E-state index contributed by atoms with van der Waals surface area (Å²) in [5.41, 5.74) is 2.54. The van der Waals surface area contributed by atoms with E-state index in [4.69, 9.17) is 4.42 Å². The van der Waals surface area contributed by atoms with Crippen molar-refractivity contribution in [2.24, 2.45) is 0 Å². The molecule has 0 spiro atoms. The minimum atomic E-state index is 0.102. The van der Waals surface area contributed by atoms with Gasteiger partial charge in [-0.25, -0.2) is 0 Å². The van der Waals surface area contributed by atoms with Crippen molar-refractivity contribution in [3.63, 3.8) is 0 Å². The van der Waals surface area contributed by atoms with Gasteiger partial charge in [0.15, 0.2) is 0 Å². The number of rotatable bonds is 8. The zero-order chi connectivity index (χ0) is 19.2. The number of nitriles is 1. The molecule has 0 unspecified atom stereocenters. The summed E-state index contributed by atoms with van der Waals surface area (Å²) in [7, 11) is 0. The van der Waals surface area contributed by atoms with Crippen LogP contribution in [0.15, 0.2) is 28.7 Å². The van der Waals surface area contributed by atoms with Gasteiger partial charge < -0.3 is 14.6 Å². The van der Waals surface area contributed by atoms with Gasteiger partial charge in [0.2, 0.25) is 17.5 Å². The summed E-state index contributed by atoms with van der Waals surface area (Å²) in [6.45, 7) is 14.8. The van der Waals surface area contributed by atoms with Crippen LogP contribution in [0.2, 0.25) is 0 Å². The molecule has 1 aromatic heterocycles. The van der Waals surface area contributed by atoms with Crippen molar-refractivity contribution in [3.8, 4) is 17.5 Å². The van der Waals surface area contributed by atoms with Crippen LogP contribution in [0.4, 0.5) is 5.88 Å². The molecule has 0 saturated carbocycles. The molecule has 5 nitrogen and oxygen atoms in total. The lowest BCUT2D eigenvalue weighted by Gasteiger charge is -2.18. The summed E-state index contributed by atoms with van der Waals surface area (Å²) in [5.74, 6) is 0.940. The van der Waals surface area contributed by atoms with Gasteiger partial charge >= 0.3 is 0 Å². The second kappa shape index (κ2) is 8.86. The molecule has 1 N–H and O–H groups in total. The average Bonchev–Trinajstić information content (AvgIpc) is 3.04. The summed E-state index contributed by atoms with van der Waals surface area (Å²) in [6.07, 6.45) is 0.989. The standard InChI is InChI=1S/C21H30N4O/c1-6-25(7-2)14-8-13-23-20-18(15-22)24-19(26-20)16-9-11-17(12-10-16)21(3,4)5/h9-12,23H,6-8,13-14H2,1-5H3. The first kappa shape index (κ1) is 20.0. The van der Waals surface area contributed by atoms with E-state index in [1.54, 1.807) is 0 Å². The lowest BCUT2D eigenvalue weighted by atomic mass is 9.87. The molecule has 2 rings (SSSR count). The Bertz CT molecular complexity index is 731. The van der Waals surface area contributed by atoms with Crippen LogP contribution in [0.5, 0.6) is 0 Å². The summed E-state index contributed by atoms with van der Waals surface area (Å²) in [5, 5.41) is 12.5. The number of hydrogen-bond acceptors (Lipinski definition) is 5. The molecule has 0 aliphatic rings. The fraction of sp³-hybridized carbons (Fsp3) is 0.524. The van der Waals surface area contributed by atoms with Gasteiger partial charge in [-0.15, -0.1) is 0 Å². The van der Waals surface area contributed by atoms with Gasteiger partial charge in [0, 0.05) is 12.1 Å². The SMILES string of the molecule is CCN(CC)CCCNc1oc(-c2ccc(C(C)(C)C)cc2)nc1C#N. The first-order valence-electron chi connectivity index (χ1n) is 9.37. The molecule has 2 aromatic rings. The minimum Gasteiger partial charge on any atom is -0.419 e. The van der Waals surface area contributed by atoms with Crippen molar-refractivity contribution in [3.05, 3.63) is 35.5 Å². The van der Waals surface area contributed by atoms with Crippen molar-refractivity contribution in [1.29, 1.82) is 5.26 Å². The van der Waals surface area contributed by atoms with Crippen molar-refractivity contribution in [1.82, 2.24) is 9.88 Å². The third-order valence-corrected chi connectivity index (χ3v) is 4.56. The number of anilines is 1. The topological polar surface area (TPSA) is 65.1 Å². The molecular formula is C21H30N4O. The average molecular weight is 354 g/mol. The molecule has 140 valence electrons. The fourth-order valence-corrected chi connectivity index (χ4v) is 2.80. The van der Waals surface area contributed by atoms with E-state index in [9.17, 15) is 5.26 Å². The Morgan fingerprint density at radius 2 is 1.81 bits per heavy atom. The molecule has 26 heavy (non-hydrogen) atoms. The van der Waals surface area contributed by atoms with Crippen LogP contribution in [-0.4, -0.2) is 36.1 Å². The van der Waals surface area contributed by atoms with Crippen LogP contribution in [0.1, 0.15) is 52.3 Å². The van der Waals surface area contributed by atoms with Gasteiger partial charge in [0.05, 0.1) is 0 Å². The van der Waals surface area contributed by atoms with Gasteiger partial charge in [-0.1, -0.05) is 46.8 Å². The maximum absolute atomic E-state index is 9.33. The molecular weight excluding hydrogens is 324 g/mol. The maximum Gasteiger partial charge on any atom is 0.232 e. The Hall–Kier alpha value is -2.32. The Balaban J connectivity index is 2.05. The number of nitrogens with zero attached hydrogens (tertiary/aromatic N) is 3. The van der Waals surface area contributed by atoms with E-state index in [0.717, 1.165) is 38.2 Å². The molecule has 1 aromatic carbocycles. The molecule has 5 heteroatoms. The molecule has 0 aliphatic heterocycles. The maximum atomic E-state index is 9.33. The molecule has 0 saturated heterocycles. The summed E-state index contributed by atoms with van der Waals surface area (Å²) in [6, 6.07) is 10.3. The Labute approximate surface area is 157 Å². The zero-order valence-electron chi connectivity index (χ0n) is 16.6. The second-order valence-electron chi connectivity index (χ2n) is 7.44. The van der Waals surface area contributed by atoms with Gasteiger partial charge in [-0.3, -0.25) is 0 Å². The van der Waals surface area contributed by atoms with Crippen molar-refractivity contribution in [2.75, 3.05) is 31.5 Å². The summed E-state index contributed by atoms with van der Waals surface area (Å²) in [4.78, 5) is 6.71. The quantitative estimate of drug-likeness (QED) is 0.699. The van der Waals surface area contributed by atoms with Gasteiger partial charge in [-0.2, -0.15) is 10.2 Å². The highest BCUT2D eigenvalue weighted by Crippen LogP contribution is 2.28. The van der Waals surface area contributed by atoms with Crippen molar-refractivity contribution < 1.29 is 4.42 Å². The largest absolute Gasteiger partial charge is 0.419 e. The van der Waals surface area contributed by atoms with Crippen molar-refractivity contribution >= 4 is 5.88 Å². The van der Waals surface area contributed by atoms with Gasteiger partial charge in [0.25, 0.3) is 0 Å². The van der Waals surface area contributed by atoms with Crippen LogP contribution in [-0.2, 0) is 5.41 Å². The summed E-state index contributed by atoms with van der Waals surface area (Å²) >= 11 is 0. The highest BCUT2D eigenvalue weighted by molar-refractivity contribution is 5.59. The first-order chi connectivity index (χ1) is 12.4. The smallest absolute Gasteiger partial charge is 0.232 e. The number of hydrogen-bond donors (Lipinski definition) is 1. The predicted octanol–water partition coefficient (Wildman–Crippen LogP) is 4.65. The molecule has 0 aliphatic carbocycles. The lowest BCUT2D eigenvalue weighted by molar-refractivity contribution is 0.302. The molecule has 0 fully saturated rings. The molecule has 0 radical (unpaired) electrons. The Kier molecular flexibility index (Phi) is 6.82. The summed E-state index contributed by atoms with van der Waals surface area (Å²) < 4.78 is 5.82. The normalized spacial score (nSPS) is 11.6. The molecule has 0 bridgehead atoms. The molecule has 0 atom stereocenters. The lowest BCUT2D eigenvalue weighted by Crippen LogP contribution is -2.25. The van der Waals surface area contributed by atoms with E-state index in [1.165, 1.54) is 5.56 Å². The van der Waals surface area contributed by atoms with E-state index in [-0.39, 0.29) is 5.41 Å². The van der Waals surface area contributed by atoms with E-state index in [0.29, 0.717) is 17.5 Å². The predicted molar refractivity (Wildman–Crippen MR) is 106 cm³/mol. The third-order valence-electron chi connectivity index (χ3n) is 4.56. The van der Waals surface area contributed by atoms with E-state index in [2.05, 4.69) is 68.0 Å². The molecule has 0 amide bonds. The highest BCUT2D eigenvalue weighted by atomic mass is 16.4. The number of benzene rings is 1. The van der Waals surface area contributed by atoms with E-state index >= 15 is 0 Å². The van der Waals surface area contributed by atoms with Gasteiger partial charge in [0.1, 0.15) is 6.07 Å². The monoisotopic (exact) mass is 354 g/mol. The van der Waals surface area contributed by atoms with Crippen LogP contribution in [0.3, 0.4) is 0 Å². The van der Waals surface area contributed by atoms with Crippen molar-refractivity contribution in [2.45, 2.75) is 46.5 Å². The van der Waals surface area contributed by atoms with E-state index < -0.39 is 0 Å². The number of aromatic nitrogens is 1. The zero-order valence-corrected chi connectivity index (χ0v) is 16.6. The third kappa shape index (κ3) is 5.09. The first-order valence-corrected chi connectivity index (χ1v) is 9.37. The molecule has 1 heterocycles. The van der Waals surface area contributed by atoms with Crippen LogP contribution in [0.25, 0.3) is 11.5 Å². The minimum absolute atomic E-state index is 0.102. The van der Waals surface area contributed by atoms with Crippen LogP contribution in [0, 0.1) is 11.3 Å². The number of oxazole rings is 1. The fourth-order valence-electron chi connectivity index (χ4n) is 2.80. The highest BCUT2D eigenvalue weighted by Gasteiger charge is 2.16. The van der Waals surface area contributed by atoms with Gasteiger partial charge in [-0.05, 0) is 49.2 Å². The van der Waals surface area contributed by atoms with Crippen LogP contribution >= 0.6 is 0 Å². The van der Waals surface area contributed by atoms with E-state index in [1.807, 2.05) is 12.1 Å². The number of nitrogens with one attached hydrogen (secondary N) is 1. The second-order valence-corrected chi connectivity index (χ2v) is 7.44. The van der Waals surface area contributed by atoms with Crippen LogP contribution < -0.4 is 5.32 Å². The Morgan fingerprint density at radius 3 is 2.35 bits per heavy atom.